The zero-order chi connectivity index (χ0) is 20.6. The molecule has 0 aromatic heterocycles. The van der Waals surface area contributed by atoms with Gasteiger partial charge in [0.1, 0.15) is 6.04 Å². The smallest absolute Gasteiger partial charge is 0.329 e. The number of halogens is 2. The van der Waals surface area contributed by atoms with Gasteiger partial charge in [-0.05, 0) is 44.2 Å². The molecule has 1 aliphatic heterocycles. The van der Waals surface area contributed by atoms with Crippen molar-refractivity contribution in [3.63, 3.8) is 0 Å². The zero-order valence-corrected chi connectivity index (χ0v) is 14.9. The fraction of sp³-hybridized carbons (Fsp3) is 0.200. The molecule has 0 aliphatic carbocycles. The van der Waals surface area contributed by atoms with Crippen LogP contribution in [0.15, 0.2) is 42.5 Å². The number of amides is 2. The Balaban J connectivity index is 1.72. The number of hydrogen-bond donors (Lipinski definition) is 0. The minimum Gasteiger partial charge on any atom is -0.453 e. The Morgan fingerprint density at radius 1 is 0.929 bits per heavy atom. The normalized spacial score (nSPS) is 15.2. The van der Waals surface area contributed by atoms with Crippen LogP contribution in [0.5, 0.6) is 0 Å². The van der Waals surface area contributed by atoms with Crippen LogP contribution in [0.1, 0.15) is 44.9 Å². The summed E-state index contributed by atoms with van der Waals surface area (Å²) in [5, 5.41) is 0. The van der Waals surface area contributed by atoms with Crippen molar-refractivity contribution >= 4 is 23.6 Å². The highest BCUT2D eigenvalue weighted by molar-refractivity contribution is 6.22. The molecule has 8 heteroatoms. The van der Waals surface area contributed by atoms with Gasteiger partial charge >= 0.3 is 5.97 Å². The molecule has 2 aromatic carbocycles. The highest BCUT2D eigenvalue weighted by Gasteiger charge is 2.41. The van der Waals surface area contributed by atoms with E-state index in [9.17, 15) is 28.0 Å². The Morgan fingerprint density at radius 2 is 1.50 bits per heavy atom. The van der Waals surface area contributed by atoms with Crippen LogP contribution in [0.4, 0.5) is 8.78 Å². The van der Waals surface area contributed by atoms with E-state index in [1.165, 1.54) is 26.0 Å². The Kier molecular flexibility index (Phi) is 5.04. The van der Waals surface area contributed by atoms with Crippen LogP contribution in [0.25, 0.3) is 0 Å². The first-order valence-electron chi connectivity index (χ1n) is 8.39. The lowest BCUT2D eigenvalue weighted by Crippen LogP contribution is -2.45. The molecule has 0 radical (unpaired) electrons. The van der Waals surface area contributed by atoms with Crippen molar-refractivity contribution in [2.24, 2.45) is 0 Å². The van der Waals surface area contributed by atoms with Gasteiger partial charge in [-0.25, -0.2) is 13.6 Å². The molecule has 0 N–H and O–H groups in total. The number of Topliss-reactive ketones (excluding diaryl/α,β-unsaturated/α-hetero) is 1. The van der Waals surface area contributed by atoms with E-state index >= 15 is 0 Å². The lowest BCUT2D eigenvalue weighted by molar-refractivity contribution is -0.150. The van der Waals surface area contributed by atoms with Crippen molar-refractivity contribution in [1.82, 2.24) is 4.90 Å². The predicted octanol–water partition coefficient (Wildman–Crippen LogP) is 2.76. The van der Waals surface area contributed by atoms with Gasteiger partial charge < -0.3 is 4.74 Å². The standard InChI is InChI=1S/C20H15F2NO5/c1-10(23-18(25)13-5-3-4-6-14(13)19(23)26)20(27)28-11(2)17(24)12-7-8-15(21)16(22)9-12/h3-11H,1-2H3/t10-,11+/m1/s1. The molecule has 1 aliphatic rings. The lowest BCUT2D eigenvalue weighted by Gasteiger charge is -2.22. The fourth-order valence-corrected chi connectivity index (χ4v) is 2.88. The quantitative estimate of drug-likeness (QED) is 0.448. The number of rotatable bonds is 5. The molecule has 0 fully saturated rings. The zero-order valence-electron chi connectivity index (χ0n) is 14.9. The monoisotopic (exact) mass is 387 g/mol. The summed E-state index contributed by atoms with van der Waals surface area (Å²) in [4.78, 5) is 50.3. The van der Waals surface area contributed by atoms with Crippen LogP contribution >= 0.6 is 0 Å². The van der Waals surface area contributed by atoms with E-state index in [4.69, 9.17) is 4.74 Å². The SMILES string of the molecule is C[C@H](OC(=O)[C@@H](C)N1C(=O)c2ccccc2C1=O)C(=O)c1ccc(F)c(F)c1. The van der Waals surface area contributed by atoms with Crippen molar-refractivity contribution in [3.05, 3.63) is 70.8 Å². The van der Waals surface area contributed by atoms with Crippen LogP contribution in [-0.2, 0) is 9.53 Å². The largest absolute Gasteiger partial charge is 0.453 e. The molecule has 3 rings (SSSR count). The maximum absolute atomic E-state index is 13.3. The van der Waals surface area contributed by atoms with E-state index in [1.807, 2.05) is 0 Å². The summed E-state index contributed by atoms with van der Waals surface area (Å²) in [5.74, 6) is -5.31. The number of esters is 1. The molecule has 28 heavy (non-hydrogen) atoms. The Hall–Kier alpha value is -3.42. The first kappa shape index (κ1) is 19.3. The Morgan fingerprint density at radius 3 is 2.04 bits per heavy atom. The molecule has 0 bridgehead atoms. The third kappa shape index (κ3) is 3.28. The molecule has 0 saturated heterocycles. The summed E-state index contributed by atoms with van der Waals surface area (Å²) in [6.45, 7) is 2.56. The van der Waals surface area contributed by atoms with Crippen molar-refractivity contribution in [2.75, 3.05) is 0 Å². The van der Waals surface area contributed by atoms with Crippen molar-refractivity contribution in [2.45, 2.75) is 26.0 Å². The molecule has 6 nitrogen and oxygen atoms in total. The summed E-state index contributed by atoms with van der Waals surface area (Å²) in [6, 6.07) is 7.43. The summed E-state index contributed by atoms with van der Waals surface area (Å²) in [7, 11) is 0. The summed E-state index contributed by atoms with van der Waals surface area (Å²) < 4.78 is 31.3. The van der Waals surface area contributed by atoms with E-state index in [1.54, 1.807) is 12.1 Å². The topological polar surface area (TPSA) is 80.8 Å². The number of carbonyl (C=O) groups is 4. The molecule has 0 spiro atoms. The first-order chi connectivity index (χ1) is 13.2. The van der Waals surface area contributed by atoms with Gasteiger partial charge in [-0.15, -0.1) is 0 Å². The summed E-state index contributed by atoms with van der Waals surface area (Å²) in [6.07, 6.45) is -1.32. The maximum Gasteiger partial charge on any atom is 0.329 e. The summed E-state index contributed by atoms with van der Waals surface area (Å²) >= 11 is 0. The second kappa shape index (κ2) is 7.30. The van der Waals surface area contributed by atoms with Crippen LogP contribution in [0.3, 0.4) is 0 Å². The number of imide groups is 1. The number of ketones is 1. The van der Waals surface area contributed by atoms with E-state index in [0.717, 1.165) is 17.0 Å². The van der Waals surface area contributed by atoms with Gasteiger partial charge in [0.15, 0.2) is 17.7 Å². The third-order valence-electron chi connectivity index (χ3n) is 4.42. The molecule has 0 saturated carbocycles. The molecule has 144 valence electrons. The van der Waals surface area contributed by atoms with Crippen LogP contribution in [-0.4, -0.2) is 40.6 Å². The van der Waals surface area contributed by atoms with E-state index in [2.05, 4.69) is 0 Å². The van der Waals surface area contributed by atoms with Gasteiger partial charge in [-0.2, -0.15) is 0 Å². The molecular formula is C20H15F2NO5. The molecule has 0 unspecified atom stereocenters. The van der Waals surface area contributed by atoms with Gasteiger partial charge in [0, 0.05) is 5.56 Å². The number of carbonyl (C=O) groups excluding carboxylic acids is 4. The van der Waals surface area contributed by atoms with Gasteiger partial charge in [-0.3, -0.25) is 19.3 Å². The minimum absolute atomic E-state index is 0.174. The second-order valence-corrected chi connectivity index (χ2v) is 6.27. The van der Waals surface area contributed by atoms with Crippen LogP contribution in [0.2, 0.25) is 0 Å². The average molecular weight is 387 g/mol. The number of benzene rings is 2. The van der Waals surface area contributed by atoms with Gasteiger partial charge in [0.2, 0.25) is 5.78 Å². The number of fused-ring (bicyclic) bond motifs is 1. The molecule has 2 aromatic rings. The van der Waals surface area contributed by atoms with Crippen molar-refractivity contribution < 1.29 is 32.7 Å². The average Bonchev–Trinajstić information content (AvgIpc) is 2.93. The molecule has 1 heterocycles. The Bertz CT molecular complexity index is 969. The highest BCUT2D eigenvalue weighted by atomic mass is 19.2. The fourth-order valence-electron chi connectivity index (χ4n) is 2.88. The second-order valence-electron chi connectivity index (χ2n) is 6.27. The predicted molar refractivity (Wildman–Crippen MR) is 92.6 cm³/mol. The number of ether oxygens (including phenoxy) is 1. The van der Waals surface area contributed by atoms with E-state index in [-0.39, 0.29) is 16.7 Å². The number of nitrogens with zero attached hydrogens (tertiary/aromatic N) is 1. The molecular weight excluding hydrogens is 372 g/mol. The Labute approximate surface area is 158 Å². The molecule has 2 amide bonds. The van der Waals surface area contributed by atoms with Crippen LogP contribution < -0.4 is 0 Å². The first-order valence-corrected chi connectivity index (χ1v) is 8.39. The van der Waals surface area contributed by atoms with Crippen molar-refractivity contribution in [1.29, 1.82) is 0 Å². The van der Waals surface area contributed by atoms with Crippen LogP contribution in [0, 0.1) is 11.6 Å². The third-order valence-corrected chi connectivity index (χ3v) is 4.42. The lowest BCUT2D eigenvalue weighted by atomic mass is 10.1. The maximum atomic E-state index is 13.3. The van der Waals surface area contributed by atoms with Crippen molar-refractivity contribution in [3.8, 4) is 0 Å². The number of hydrogen-bond acceptors (Lipinski definition) is 5. The van der Waals surface area contributed by atoms with Gasteiger partial charge in [-0.1, -0.05) is 12.1 Å². The van der Waals surface area contributed by atoms with E-state index in [0.29, 0.717) is 6.07 Å². The highest BCUT2D eigenvalue weighted by Crippen LogP contribution is 2.25. The summed E-state index contributed by atoms with van der Waals surface area (Å²) in [5.41, 5.74) is 0.184. The van der Waals surface area contributed by atoms with E-state index < -0.39 is 47.3 Å². The minimum atomic E-state index is -1.32. The molecule has 2 atom stereocenters. The van der Waals surface area contributed by atoms with Gasteiger partial charge in [0.25, 0.3) is 11.8 Å². The van der Waals surface area contributed by atoms with Gasteiger partial charge in [0.05, 0.1) is 11.1 Å².